The molecule has 0 atom stereocenters. The van der Waals surface area contributed by atoms with E-state index in [2.05, 4.69) is 10.2 Å². The lowest BCUT2D eigenvalue weighted by Crippen LogP contribution is -2.30. The number of rotatable bonds is 6. The van der Waals surface area contributed by atoms with Crippen LogP contribution in [0.5, 0.6) is 0 Å². The van der Waals surface area contributed by atoms with Crippen molar-refractivity contribution >= 4 is 23.2 Å². The van der Waals surface area contributed by atoms with Gasteiger partial charge in [-0.2, -0.15) is 0 Å². The van der Waals surface area contributed by atoms with Crippen molar-refractivity contribution in [1.29, 1.82) is 0 Å². The van der Waals surface area contributed by atoms with Gasteiger partial charge in [-0.1, -0.05) is 11.6 Å². The summed E-state index contributed by atoms with van der Waals surface area (Å²) in [6.07, 6.45) is 0.949. The Bertz CT molecular complexity index is 435. The zero-order valence-electron chi connectivity index (χ0n) is 12.0. The van der Waals surface area contributed by atoms with E-state index in [0.29, 0.717) is 10.6 Å². The third-order valence-electron chi connectivity index (χ3n) is 2.93. The standard InChI is InChI=1S/C14H22ClN3O/c1-16-13-7-6-11(15)10-12(13)14(19)18(4)9-5-8-17(2)3/h6-7,10,16H,5,8-9H2,1-4H3. The van der Waals surface area contributed by atoms with Crippen LogP contribution in [0.2, 0.25) is 5.02 Å². The van der Waals surface area contributed by atoms with Crippen molar-refractivity contribution in [1.82, 2.24) is 9.80 Å². The number of amides is 1. The summed E-state index contributed by atoms with van der Waals surface area (Å²) in [6.45, 7) is 1.69. The largest absolute Gasteiger partial charge is 0.387 e. The Labute approximate surface area is 120 Å². The van der Waals surface area contributed by atoms with Gasteiger partial charge in [-0.05, 0) is 45.3 Å². The molecule has 1 aromatic carbocycles. The summed E-state index contributed by atoms with van der Waals surface area (Å²) >= 11 is 5.96. The fraction of sp³-hybridized carbons (Fsp3) is 0.500. The predicted octanol–water partition coefficient (Wildman–Crippen LogP) is 2.41. The van der Waals surface area contributed by atoms with Crippen molar-refractivity contribution in [2.45, 2.75) is 6.42 Å². The molecule has 0 aliphatic rings. The first-order valence-electron chi connectivity index (χ1n) is 6.33. The van der Waals surface area contributed by atoms with E-state index in [9.17, 15) is 4.79 Å². The lowest BCUT2D eigenvalue weighted by atomic mass is 10.1. The van der Waals surface area contributed by atoms with Crippen LogP contribution in [0.1, 0.15) is 16.8 Å². The Morgan fingerprint density at radius 1 is 1.26 bits per heavy atom. The molecule has 1 amide bonds. The molecule has 0 heterocycles. The first-order valence-corrected chi connectivity index (χ1v) is 6.71. The van der Waals surface area contributed by atoms with Gasteiger partial charge in [0.05, 0.1) is 5.56 Å². The molecule has 19 heavy (non-hydrogen) atoms. The number of carbonyl (C=O) groups excluding carboxylic acids is 1. The van der Waals surface area contributed by atoms with Crippen LogP contribution in [-0.2, 0) is 0 Å². The molecule has 0 fully saturated rings. The highest BCUT2D eigenvalue weighted by molar-refractivity contribution is 6.31. The summed E-state index contributed by atoms with van der Waals surface area (Å²) in [5, 5.41) is 3.59. The van der Waals surface area contributed by atoms with E-state index in [1.54, 1.807) is 24.1 Å². The number of nitrogens with zero attached hydrogens (tertiary/aromatic N) is 2. The number of halogens is 1. The van der Waals surface area contributed by atoms with Crippen molar-refractivity contribution in [3.05, 3.63) is 28.8 Å². The highest BCUT2D eigenvalue weighted by Crippen LogP contribution is 2.21. The quantitative estimate of drug-likeness (QED) is 0.871. The van der Waals surface area contributed by atoms with E-state index in [1.165, 1.54) is 0 Å². The normalized spacial score (nSPS) is 10.6. The summed E-state index contributed by atoms with van der Waals surface area (Å²) < 4.78 is 0. The van der Waals surface area contributed by atoms with Crippen molar-refractivity contribution < 1.29 is 4.79 Å². The molecule has 0 aliphatic carbocycles. The van der Waals surface area contributed by atoms with Crippen LogP contribution < -0.4 is 5.32 Å². The van der Waals surface area contributed by atoms with Gasteiger partial charge in [0.1, 0.15) is 0 Å². The monoisotopic (exact) mass is 283 g/mol. The first-order chi connectivity index (χ1) is 8.95. The van der Waals surface area contributed by atoms with E-state index in [0.717, 1.165) is 25.2 Å². The zero-order chi connectivity index (χ0) is 14.4. The van der Waals surface area contributed by atoms with Crippen LogP contribution in [0.15, 0.2) is 18.2 Å². The molecule has 0 unspecified atom stereocenters. The van der Waals surface area contributed by atoms with E-state index in [-0.39, 0.29) is 5.91 Å². The van der Waals surface area contributed by atoms with Gasteiger partial charge in [-0.15, -0.1) is 0 Å². The van der Waals surface area contributed by atoms with Crippen LogP contribution in [0.4, 0.5) is 5.69 Å². The molecule has 0 radical (unpaired) electrons. The first kappa shape index (κ1) is 15.8. The molecule has 0 aromatic heterocycles. The van der Waals surface area contributed by atoms with Gasteiger partial charge in [0, 0.05) is 31.4 Å². The second kappa shape index (κ2) is 7.36. The lowest BCUT2D eigenvalue weighted by molar-refractivity contribution is 0.0791. The van der Waals surface area contributed by atoms with Gasteiger partial charge < -0.3 is 15.1 Å². The van der Waals surface area contributed by atoms with E-state index in [1.807, 2.05) is 27.2 Å². The number of hydrogen-bond acceptors (Lipinski definition) is 3. The van der Waals surface area contributed by atoms with Gasteiger partial charge in [0.25, 0.3) is 5.91 Å². The molecule has 1 rings (SSSR count). The molecule has 1 aromatic rings. The molecule has 0 bridgehead atoms. The minimum Gasteiger partial charge on any atom is -0.387 e. The third-order valence-corrected chi connectivity index (χ3v) is 3.16. The highest BCUT2D eigenvalue weighted by Gasteiger charge is 2.15. The maximum atomic E-state index is 12.4. The van der Waals surface area contributed by atoms with E-state index in [4.69, 9.17) is 11.6 Å². The summed E-state index contributed by atoms with van der Waals surface area (Å²) in [4.78, 5) is 16.2. The Kier molecular flexibility index (Phi) is 6.12. The molecule has 0 spiro atoms. The molecular formula is C14H22ClN3O. The van der Waals surface area contributed by atoms with Crippen molar-refractivity contribution in [2.75, 3.05) is 46.6 Å². The number of hydrogen-bond donors (Lipinski definition) is 1. The number of anilines is 1. The highest BCUT2D eigenvalue weighted by atomic mass is 35.5. The van der Waals surface area contributed by atoms with Crippen LogP contribution in [0, 0.1) is 0 Å². The molecule has 5 heteroatoms. The zero-order valence-corrected chi connectivity index (χ0v) is 12.8. The van der Waals surface area contributed by atoms with Gasteiger partial charge in [0.15, 0.2) is 0 Å². The minimum atomic E-state index is -0.00870. The summed E-state index contributed by atoms with van der Waals surface area (Å²) in [7, 11) is 7.67. The fourth-order valence-electron chi connectivity index (χ4n) is 1.84. The maximum Gasteiger partial charge on any atom is 0.255 e. The lowest BCUT2D eigenvalue weighted by Gasteiger charge is -2.20. The second-order valence-electron chi connectivity index (χ2n) is 4.82. The Morgan fingerprint density at radius 3 is 2.53 bits per heavy atom. The van der Waals surface area contributed by atoms with Crippen molar-refractivity contribution in [3.63, 3.8) is 0 Å². The summed E-state index contributed by atoms with van der Waals surface area (Å²) in [5.41, 5.74) is 1.41. The Morgan fingerprint density at radius 2 is 1.95 bits per heavy atom. The number of benzene rings is 1. The summed E-state index contributed by atoms with van der Waals surface area (Å²) in [6, 6.07) is 5.30. The van der Waals surface area contributed by atoms with Crippen molar-refractivity contribution in [3.8, 4) is 0 Å². The number of carbonyl (C=O) groups is 1. The fourth-order valence-corrected chi connectivity index (χ4v) is 2.01. The molecule has 1 N–H and O–H groups in total. The second-order valence-corrected chi connectivity index (χ2v) is 5.26. The molecule has 106 valence electrons. The molecule has 0 saturated carbocycles. The van der Waals surface area contributed by atoms with Crippen LogP contribution in [0.25, 0.3) is 0 Å². The van der Waals surface area contributed by atoms with Crippen molar-refractivity contribution in [2.24, 2.45) is 0 Å². The molecular weight excluding hydrogens is 262 g/mol. The average Bonchev–Trinajstić information content (AvgIpc) is 2.37. The molecule has 4 nitrogen and oxygen atoms in total. The van der Waals surface area contributed by atoms with Crippen LogP contribution >= 0.6 is 11.6 Å². The van der Waals surface area contributed by atoms with Gasteiger partial charge in [-0.25, -0.2) is 0 Å². The van der Waals surface area contributed by atoms with E-state index >= 15 is 0 Å². The van der Waals surface area contributed by atoms with E-state index < -0.39 is 0 Å². The van der Waals surface area contributed by atoms with Crippen LogP contribution in [0.3, 0.4) is 0 Å². The summed E-state index contributed by atoms with van der Waals surface area (Å²) in [5.74, 6) is -0.00870. The van der Waals surface area contributed by atoms with Gasteiger partial charge >= 0.3 is 0 Å². The third kappa shape index (κ3) is 4.73. The SMILES string of the molecule is CNc1ccc(Cl)cc1C(=O)N(C)CCCN(C)C. The van der Waals surface area contributed by atoms with Gasteiger partial charge in [0.2, 0.25) is 0 Å². The maximum absolute atomic E-state index is 12.4. The molecule has 0 aliphatic heterocycles. The average molecular weight is 284 g/mol. The van der Waals surface area contributed by atoms with Crippen LogP contribution in [-0.4, -0.2) is 57.0 Å². The number of nitrogens with one attached hydrogen (secondary N) is 1. The minimum absolute atomic E-state index is 0.00870. The predicted molar refractivity (Wildman–Crippen MR) is 81.1 cm³/mol. The topological polar surface area (TPSA) is 35.6 Å². The smallest absolute Gasteiger partial charge is 0.255 e. The van der Waals surface area contributed by atoms with Gasteiger partial charge in [-0.3, -0.25) is 4.79 Å². The Hall–Kier alpha value is -1.26. The molecule has 0 saturated heterocycles. The Balaban J connectivity index is 2.73.